The number of carbonyl (C=O) groups excluding carboxylic acids is 1. The Hall–Kier alpha value is -2.13. The monoisotopic (exact) mass is 413 g/mol. The maximum Gasteiger partial charge on any atom is 0.291 e. The molecule has 0 spiro atoms. The highest BCUT2D eigenvalue weighted by Crippen LogP contribution is 2.26. The second-order valence-electron chi connectivity index (χ2n) is 4.74. The summed E-state index contributed by atoms with van der Waals surface area (Å²) < 4.78 is 31.2. The molecule has 0 unspecified atom stereocenters. The van der Waals surface area contributed by atoms with Gasteiger partial charge in [0.05, 0.1) is 0 Å². The number of fused-ring (bicyclic) bond motifs is 1. The summed E-state index contributed by atoms with van der Waals surface area (Å²) in [5.41, 5.74) is 0. The zero-order valence-electron chi connectivity index (χ0n) is 12.0. The van der Waals surface area contributed by atoms with Gasteiger partial charge in [0.2, 0.25) is 5.13 Å². The van der Waals surface area contributed by atoms with Crippen molar-refractivity contribution < 1.29 is 18.3 Å². The molecule has 0 fully saturated rings. The van der Waals surface area contributed by atoms with Gasteiger partial charge in [-0.25, -0.2) is 8.78 Å². The van der Waals surface area contributed by atoms with Crippen LogP contribution in [-0.2, 0) is 4.79 Å². The van der Waals surface area contributed by atoms with E-state index in [1.807, 2.05) is 30.3 Å². The predicted octanol–water partition coefficient (Wildman–Crippen LogP) is 4.41. The van der Waals surface area contributed by atoms with Crippen molar-refractivity contribution >= 4 is 49.1 Å². The second kappa shape index (κ2) is 7.18. The molecule has 1 aromatic heterocycles. The lowest BCUT2D eigenvalue weighted by atomic mass is 10.1. The first-order valence-corrected chi connectivity index (χ1v) is 8.36. The number of aromatic nitrogens is 2. The zero-order valence-corrected chi connectivity index (χ0v) is 14.4. The van der Waals surface area contributed by atoms with Gasteiger partial charge in [-0.2, -0.15) is 0 Å². The Morgan fingerprint density at radius 3 is 2.71 bits per heavy atom. The quantitative estimate of drug-likeness (QED) is 0.672. The van der Waals surface area contributed by atoms with Crippen LogP contribution in [0.2, 0.25) is 0 Å². The number of nitrogens with one attached hydrogen (secondary N) is 1. The lowest BCUT2D eigenvalue weighted by molar-refractivity contribution is -0.118. The van der Waals surface area contributed by atoms with Crippen LogP contribution in [0.15, 0.2) is 40.9 Å². The number of nitrogens with zero attached hydrogens (tertiary/aromatic N) is 2. The van der Waals surface area contributed by atoms with Gasteiger partial charge in [-0.1, -0.05) is 39.4 Å². The second-order valence-corrected chi connectivity index (χ2v) is 6.66. The highest BCUT2D eigenvalue weighted by atomic mass is 79.9. The molecule has 0 aliphatic carbocycles. The summed E-state index contributed by atoms with van der Waals surface area (Å²) in [5.74, 6) is 0.0355. The highest BCUT2D eigenvalue weighted by Gasteiger charge is 2.15. The third kappa shape index (κ3) is 4.04. The molecule has 1 amide bonds. The van der Waals surface area contributed by atoms with E-state index in [1.165, 1.54) is 0 Å². The van der Waals surface area contributed by atoms with Crippen LogP contribution in [0.5, 0.6) is 5.75 Å². The first-order chi connectivity index (χ1) is 11.5. The van der Waals surface area contributed by atoms with Crippen LogP contribution >= 0.6 is 27.3 Å². The molecule has 1 N–H and O–H groups in total. The maximum atomic E-state index is 12.4. The lowest BCUT2D eigenvalue weighted by Crippen LogP contribution is -2.20. The van der Waals surface area contributed by atoms with E-state index in [2.05, 4.69) is 31.4 Å². The molecular weight excluding hydrogens is 404 g/mol. The SMILES string of the molecule is O=C(COc1ccc2cc(Br)ccc2c1)Nc1nnc(C(F)F)s1. The number of carbonyl (C=O) groups is 1. The van der Waals surface area contributed by atoms with Crippen LogP contribution in [0.4, 0.5) is 13.9 Å². The molecule has 24 heavy (non-hydrogen) atoms. The Morgan fingerprint density at radius 1 is 1.21 bits per heavy atom. The Kier molecular flexibility index (Phi) is 5.00. The van der Waals surface area contributed by atoms with Gasteiger partial charge in [0, 0.05) is 4.47 Å². The van der Waals surface area contributed by atoms with Crippen molar-refractivity contribution in [2.75, 3.05) is 11.9 Å². The molecule has 124 valence electrons. The van der Waals surface area contributed by atoms with Crippen LogP contribution in [0.3, 0.4) is 0 Å². The summed E-state index contributed by atoms with van der Waals surface area (Å²) in [6, 6.07) is 11.3. The molecule has 0 aliphatic rings. The maximum absolute atomic E-state index is 12.4. The van der Waals surface area contributed by atoms with Gasteiger partial charge < -0.3 is 4.74 Å². The molecule has 0 radical (unpaired) electrons. The van der Waals surface area contributed by atoms with E-state index in [1.54, 1.807) is 6.07 Å². The van der Waals surface area contributed by atoms with Gasteiger partial charge >= 0.3 is 0 Å². The van der Waals surface area contributed by atoms with E-state index in [4.69, 9.17) is 4.74 Å². The number of benzene rings is 2. The third-order valence-corrected chi connectivity index (χ3v) is 4.36. The average Bonchev–Trinajstić information content (AvgIpc) is 3.01. The van der Waals surface area contributed by atoms with Gasteiger partial charge in [0.25, 0.3) is 12.3 Å². The number of alkyl halides is 2. The minimum atomic E-state index is -2.71. The molecule has 0 aliphatic heterocycles. The summed E-state index contributed by atoms with van der Waals surface area (Å²) in [5, 5.41) is 10.7. The van der Waals surface area contributed by atoms with Crippen molar-refractivity contribution in [3.63, 3.8) is 0 Å². The fourth-order valence-electron chi connectivity index (χ4n) is 1.96. The first-order valence-electron chi connectivity index (χ1n) is 6.75. The van der Waals surface area contributed by atoms with Crippen molar-refractivity contribution in [2.24, 2.45) is 0 Å². The van der Waals surface area contributed by atoms with Crippen LogP contribution in [-0.4, -0.2) is 22.7 Å². The van der Waals surface area contributed by atoms with Crippen molar-refractivity contribution in [1.29, 1.82) is 0 Å². The summed E-state index contributed by atoms with van der Waals surface area (Å²) in [4.78, 5) is 11.8. The molecular formula is C15H10BrF2N3O2S. The summed E-state index contributed by atoms with van der Waals surface area (Å²) >= 11 is 4.03. The Labute approximate surface area is 147 Å². The van der Waals surface area contributed by atoms with Gasteiger partial charge in [0.15, 0.2) is 11.6 Å². The average molecular weight is 414 g/mol. The van der Waals surface area contributed by atoms with E-state index in [0.717, 1.165) is 15.2 Å². The fourth-order valence-corrected chi connectivity index (χ4v) is 2.96. The molecule has 9 heteroatoms. The largest absolute Gasteiger partial charge is 0.484 e. The van der Waals surface area contributed by atoms with E-state index >= 15 is 0 Å². The Bertz CT molecular complexity index is 888. The van der Waals surface area contributed by atoms with E-state index in [-0.39, 0.29) is 11.7 Å². The standard InChI is InChI=1S/C15H10BrF2N3O2S/c16-10-3-1-9-6-11(4-2-8(9)5-10)23-7-12(22)19-15-21-20-14(24-15)13(17)18/h1-6,13H,7H2,(H,19,21,22). The van der Waals surface area contributed by atoms with E-state index in [9.17, 15) is 13.6 Å². The van der Waals surface area contributed by atoms with Crippen molar-refractivity contribution in [2.45, 2.75) is 6.43 Å². The summed E-state index contributed by atoms with van der Waals surface area (Å²) in [7, 11) is 0. The topological polar surface area (TPSA) is 64.1 Å². The molecule has 3 aromatic rings. The Balaban J connectivity index is 1.60. The zero-order chi connectivity index (χ0) is 17.1. The van der Waals surface area contributed by atoms with Crippen LogP contribution in [0.25, 0.3) is 10.8 Å². The minimum absolute atomic E-state index is 0.0160. The molecule has 0 saturated heterocycles. The normalized spacial score (nSPS) is 11.0. The van der Waals surface area contributed by atoms with Gasteiger partial charge in [0.1, 0.15) is 5.75 Å². The number of hydrogen-bond acceptors (Lipinski definition) is 5. The van der Waals surface area contributed by atoms with Gasteiger partial charge in [-0.15, -0.1) is 10.2 Å². The predicted molar refractivity (Wildman–Crippen MR) is 90.6 cm³/mol. The molecule has 0 saturated carbocycles. The molecule has 5 nitrogen and oxygen atoms in total. The van der Waals surface area contributed by atoms with Crippen LogP contribution in [0.1, 0.15) is 11.4 Å². The molecule has 3 rings (SSSR count). The van der Waals surface area contributed by atoms with Gasteiger partial charge in [-0.05, 0) is 35.0 Å². The highest BCUT2D eigenvalue weighted by molar-refractivity contribution is 9.10. The van der Waals surface area contributed by atoms with Crippen LogP contribution in [0, 0.1) is 0 Å². The molecule has 1 heterocycles. The molecule has 0 bridgehead atoms. The summed E-state index contributed by atoms with van der Waals surface area (Å²) in [6.45, 7) is -0.258. The van der Waals surface area contributed by atoms with E-state index < -0.39 is 17.3 Å². The lowest BCUT2D eigenvalue weighted by Gasteiger charge is -2.07. The van der Waals surface area contributed by atoms with Crippen LogP contribution < -0.4 is 10.1 Å². The van der Waals surface area contributed by atoms with E-state index in [0.29, 0.717) is 17.1 Å². The summed E-state index contributed by atoms with van der Waals surface area (Å²) in [6.07, 6.45) is -2.71. The van der Waals surface area contributed by atoms with Crippen molar-refractivity contribution in [3.8, 4) is 5.75 Å². The number of rotatable bonds is 5. The van der Waals surface area contributed by atoms with Gasteiger partial charge in [-0.3, -0.25) is 10.1 Å². The molecule has 0 atom stereocenters. The number of hydrogen-bond donors (Lipinski definition) is 1. The minimum Gasteiger partial charge on any atom is -0.484 e. The smallest absolute Gasteiger partial charge is 0.291 e. The number of amides is 1. The number of halogens is 3. The third-order valence-electron chi connectivity index (χ3n) is 3.02. The fraction of sp³-hybridized carbons (Fsp3) is 0.133. The first kappa shape index (κ1) is 16.7. The molecule has 2 aromatic carbocycles. The van der Waals surface area contributed by atoms with Crippen molar-refractivity contribution in [3.05, 3.63) is 45.9 Å². The van der Waals surface area contributed by atoms with Crippen molar-refractivity contribution in [1.82, 2.24) is 10.2 Å². The number of ether oxygens (including phenoxy) is 1. The number of anilines is 1. The Morgan fingerprint density at radius 2 is 1.96 bits per heavy atom.